The van der Waals surface area contributed by atoms with E-state index in [4.69, 9.17) is 17.2 Å². The van der Waals surface area contributed by atoms with Gasteiger partial charge in [-0.25, -0.2) is 4.98 Å². The lowest BCUT2D eigenvalue weighted by Crippen LogP contribution is -2.38. The first-order valence-electron chi connectivity index (χ1n) is 10.2. The van der Waals surface area contributed by atoms with E-state index in [1.165, 1.54) is 4.70 Å². The molecule has 0 spiro atoms. The average molecular weight is 454 g/mol. The maximum atomic E-state index is 12.7. The van der Waals surface area contributed by atoms with Gasteiger partial charge in [-0.15, -0.1) is 11.3 Å². The number of nitrogens with zero attached hydrogens (tertiary/aromatic N) is 1. The van der Waals surface area contributed by atoms with Gasteiger partial charge in [-0.2, -0.15) is 0 Å². The maximum absolute atomic E-state index is 12.7. The lowest BCUT2D eigenvalue weighted by atomic mass is 10.0. The van der Waals surface area contributed by atoms with Gasteiger partial charge in [0.25, 0.3) is 5.91 Å². The zero-order valence-corrected chi connectivity index (χ0v) is 18.7. The van der Waals surface area contributed by atoms with Crippen molar-refractivity contribution in [2.24, 2.45) is 0 Å². The number of rotatable bonds is 4. The summed E-state index contributed by atoms with van der Waals surface area (Å²) in [5.41, 5.74) is 3.77. The van der Waals surface area contributed by atoms with Crippen LogP contribution in [-0.2, 0) is 6.54 Å². The average Bonchev–Trinajstić information content (AvgIpc) is 3.27. The highest BCUT2D eigenvalue weighted by molar-refractivity contribution is 7.80. The normalized spacial score (nSPS) is 10.9. The van der Waals surface area contributed by atoms with E-state index in [1.807, 2.05) is 66.7 Å². The van der Waals surface area contributed by atoms with Gasteiger partial charge in [0.2, 0.25) is 0 Å². The van der Waals surface area contributed by atoms with E-state index in [0.29, 0.717) is 17.2 Å². The summed E-state index contributed by atoms with van der Waals surface area (Å²) in [5.74, 6) is -0.217. The number of nitrogens with one attached hydrogen (secondary N) is 2. The number of para-hydroxylation sites is 1. The molecule has 1 amide bonds. The first-order chi connectivity index (χ1) is 15.7. The predicted octanol–water partition coefficient (Wildman–Crippen LogP) is 5.92. The Bertz CT molecular complexity index is 1400. The van der Waals surface area contributed by atoms with E-state index >= 15 is 0 Å². The Hall–Kier alpha value is -3.61. The number of aromatic nitrogens is 1. The maximum Gasteiger partial charge on any atom is 0.258 e. The van der Waals surface area contributed by atoms with Crippen LogP contribution in [0.4, 0.5) is 0 Å². The molecule has 1 heterocycles. The van der Waals surface area contributed by atoms with E-state index in [0.717, 1.165) is 32.4 Å². The minimum atomic E-state index is -0.217. The van der Waals surface area contributed by atoms with Gasteiger partial charge >= 0.3 is 0 Å². The molecule has 0 bridgehead atoms. The SMILES string of the molecule is O=C(NC(=S)NCc1ccc(-c2nc3ccccc3s2)cc1)c1cccc2ccccc12. The van der Waals surface area contributed by atoms with Crippen LogP contribution < -0.4 is 10.6 Å². The number of carbonyl (C=O) groups excluding carboxylic acids is 1. The van der Waals surface area contributed by atoms with Crippen molar-refractivity contribution in [3.63, 3.8) is 0 Å². The molecule has 0 aliphatic rings. The molecule has 0 atom stereocenters. The Morgan fingerprint density at radius 3 is 2.47 bits per heavy atom. The molecule has 2 N–H and O–H groups in total. The third-order valence-electron chi connectivity index (χ3n) is 5.21. The largest absolute Gasteiger partial charge is 0.358 e. The number of hydrogen-bond donors (Lipinski definition) is 2. The number of carbonyl (C=O) groups is 1. The second-order valence-corrected chi connectivity index (χ2v) is 8.79. The highest BCUT2D eigenvalue weighted by atomic mass is 32.1. The van der Waals surface area contributed by atoms with E-state index in [9.17, 15) is 4.79 Å². The summed E-state index contributed by atoms with van der Waals surface area (Å²) in [5, 5.41) is 9.13. The van der Waals surface area contributed by atoms with Crippen molar-refractivity contribution in [2.75, 3.05) is 0 Å². The van der Waals surface area contributed by atoms with E-state index < -0.39 is 0 Å². The van der Waals surface area contributed by atoms with E-state index in [1.54, 1.807) is 17.4 Å². The van der Waals surface area contributed by atoms with Crippen molar-refractivity contribution in [2.45, 2.75) is 6.54 Å². The molecule has 0 saturated carbocycles. The van der Waals surface area contributed by atoms with Crippen molar-refractivity contribution < 1.29 is 4.79 Å². The molecule has 6 heteroatoms. The molecule has 0 radical (unpaired) electrons. The van der Waals surface area contributed by atoms with Crippen LogP contribution in [0, 0.1) is 0 Å². The standard InChI is InChI=1S/C26H19N3OS2/c30-24(21-9-5-7-18-6-1-2-8-20(18)21)29-26(31)27-16-17-12-14-19(15-13-17)25-28-22-10-3-4-11-23(22)32-25/h1-15H,16H2,(H2,27,29,30,31). The Kier molecular flexibility index (Phi) is 5.62. The molecule has 0 fully saturated rings. The fourth-order valence-electron chi connectivity index (χ4n) is 3.58. The number of thiazole rings is 1. The molecule has 0 aliphatic carbocycles. The third kappa shape index (κ3) is 4.23. The Labute approximate surface area is 194 Å². The summed E-state index contributed by atoms with van der Waals surface area (Å²) >= 11 is 7.02. The van der Waals surface area contributed by atoms with Crippen LogP contribution in [0.1, 0.15) is 15.9 Å². The Morgan fingerprint density at radius 2 is 1.62 bits per heavy atom. The first kappa shape index (κ1) is 20.3. The minimum Gasteiger partial charge on any atom is -0.358 e. The lowest BCUT2D eigenvalue weighted by Gasteiger charge is -2.11. The van der Waals surface area contributed by atoms with Crippen molar-refractivity contribution in [3.05, 3.63) is 102 Å². The molecular weight excluding hydrogens is 434 g/mol. The highest BCUT2D eigenvalue weighted by Crippen LogP contribution is 2.30. The molecule has 156 valence electrons. The van der Waals surface area contributed by atoms with Gasteiger partial charge < -0.3 is 5.32 Å². The summed E-state index contributed by atoms with van der Waals surface area (Å²) in [6, 6.07) is 29.8. The summed E-state index contributed by atoms with van der Waals surface area (Å²) in [6.45, 7) is 0.523. The Balaban J connectivity index is 1.21. The molecule has 0 saturated heterocycles. The van der Waals surface area contributed by atoms with Crippen LogP contribution in [0.2, 0.25) is 0 Å². The first-order valence-corrected chi connectivity index (χ1v) is 11.4. The van der Waals surface area contributed by atoms with Gasteiger partial charge in [0, 0.05) is 17.7 Å². The van der Waals surface area contributed by atoms with Gasteiger partial charge in [-0.05, 0) is 46.8 Å². The second-order valence-electron chi connectivity index (χ2n) is 7.35. The topological polar surface area (TPSA) is 54.0 Å². The van der Waals surface area contributed by atoms with Gasteiger partial charge in [-0.3, -0.25) is 10.1 Å². The van der Waals surface area contributed by atoms with E-state index in [-0.39, 0.29) is 5.91 Å². The smallest absolute Gasteiger partial charge is 0.258 e. The summed E-state index contributed by atoms with van der Waals surface area (Å²) in [6.07, 6.45) is 0. The van der Waals surface area contributed by atoms with Crippen molar-refractivity contribution >= 4 is 55.6 Å². The summed E-state index contributed by atoms with van der Waals surface area (Å²) < 4.78 is 1.18. The quantitative estimate of drug-likeness (QED) is 0.332. The van der Waals surface area contributed by atoms with Gasteiger partial charge in [0.15, 0.2) is 5.11 Å². The molecule has 5 rings (SSSR count). The summed E-state index contributed by atoms with van der Waals surface area (Å²) in [4.78, 5) is 17.4. The highest BCUT2D eigenvalue weighted by Gasteiger charge is 2.11. The number of fused-ring (bicyclic) bond motifs is 2. The second kappa shape index (κ2) is 8.86. The lowest BCUT2D eigenvalue weighted by molar-refractivity contribution is 0.0978. The zero-order valence-electron chi connectivity index (χ0n) is 17.0. The van der Waals surface area contributed by atoms with Gasteiger partial charge in [-0.1, -0.05) is 72.8 Å². The monoisotopic (exact) mass is 453 g/mol. The zero-order chi connectivity index (χ0) is 21.9. The molecule has 0 unspecified atom stereocenters. The fourth-order valence-corrected chi connectivity index (χ4v) is 4.72. The minimum absolute atomic E-state index is 0.217. The number of benzene rings is 4. The number of hydrogen-bond acceptors (Lipinski definition) is 4. The van der Waals surface area contributed by atoms with E-state index in [2.05, 4.69) is 28.8 Å². The van der Waals surface area contributed by atoms with Gasteiger partial charge in [0.05, 0.1) is 10.2 Å². The van der Waals surface area contributed by atoms with Crippen LogP contribution in [0.25, 0.3) is 31.6 Å². The molecule has 4 aromatic carbocycles. The molecule has 0 aliphatic heterocycles. The van der Waals surface area contributed by atoms with Crippen LogP contribution in [0.5, 0.6) is 0 Å². The van der Waals surface area contributed by atoms with Crippen LogP contribution in [0.15, 0.2) is 91.0 Å². The van der Waals surface area contributed by atoms with Crippen molar-refractivity contribution in [3.8, 4) is 10.6 Å². The number of amides is 1. The molecule has 1 aromatic heterocycles. The predicted molar refractivity (Wildman–Crippen MR) is 136 cm³/mol. The van der Waals surface area contributed by atoms with Crippen LogP contribution >= 0.6 is 23.6 Å². The van der Waals surface area contributed by atoms with Crippen LogP contribution in [0.3, 0.4) is 0 Å². The summed E-state index contributed by atoms with van der Waals surface area (Å²) in [7, 11) is 0. The molecule has 32 heavy (non-hydrogen) atoms. The van der Waals surface area contributed by atoms with Crippen molar-refractivity contribution in [1.82, 2.24) is 15.6 Å². The fraction of sp³-hybridized carbons (Fsp3) is 0.0385. The Morgan fingerprint density at radius 1 is 0.875 bits per heavy atom. The van der Waals surface area contributed by atoms with Crippen molar-refractivity contribution in [1.29, 1.82) is 0 Å². The van der Waals surface area contributed by atoms with Crippen LogP contribution in [-0.4, -0.2) is 16.0 Å². The molecular formula is C26H19N3OS2. The van der Waals surface area contributed by atoms with Gasteiger partial charge in [0.1, 0.15) is 5.01 Å². The molecule has 4 nitrogen and oxygen atoms in total. The third-order valence-corrected chi connectivity index (χ3v) is 6.54. The number of thiocarbonyl (C=S) groups is 1. The molecule has 5 aromatic rings.